The SMILES string of the molecule is CC(CN)Nc1ccccc1Cn1cccn1. The highest BCUT2D eigenvalue weighted by Crippen LogP contribution is 2.16. The van der Waals surface area contributed by atoms with Crippen molar-refractivity contribution in [1.82, 2.24) is 9.78 Å². The number of hydrogen-bond donors (Lipinski definition) is 2. The molecule has 17 heavy (non-hydrogen) atoms. The summed E-state index contributed by atoms with van der Waals surface area (Å²) in [6.45, 7) is 3.47. The van der Waals surface area contributed by atoms with E-state index in [0.717, 1.165) is 12.2 Å². The van der Waals surface area contributed by atoms with Crippen molar-refractivity contribution >= 4 is 5.69 Å². The number of hydrogen-bond acceptors (Lipinski definition) is 3. The largest absolute Gasteiger partial charge is 0.381 e. The molecule has 0 aliphatic carbocycles. The van der Waals surface area contributed by atoms with Crippen molar-refractivity contribution in [2.75, 3.05) is 11.9 Å². The van der Waals surface area contributed by atoms with E-state index in [9.17, 15) is 0 Å². The van der Waals surface area contributed by atoms with Crippen LogP contribution in [0.15, 0.2) is 42.7 Å². The molecule has 4 nitrogen and oxygen atoms in total. The number of nitrogens with one attached hydrogen (secondary N) is 1. The molecule has 0 aliphatic rings. The first-order valence-electron chi connectivity index (χ1n) is 5.81. The molecule has 0 radical (unpaired) electrons. The van der Waals surface area contributed by atoms with E-state index in [2.05, 4.69) is 29.5 Å². The first kappa shape index (κ1) is 11.7. The van der Waals surface area contributed by atoms with Crippen molar-refractivity contribution in [1.29, 1.82) is 0 Å². The van der Waals surface area contributed by atoms with Gasteiger partial charge >= 0.3 is 0 Å². The molecular formula is C13H18N4. The maximum absolute atomic E-state index is 5.63. The van der Waals surface area contributed by atoms with Crippen molar-refractivity contribution in [2.24, 2.45) is 5.73 Å². The lowest BCUT2D eigenvalue weighted by molar-refractivity contribution is 0.685. The van der Waals surface area contributed by atoms with Crippen molar-refractivity contribution in [2.45, 2.75) is 19.5 Å². The van der Waals surface area contributed by atoms with E-state index in [4.69, 9.17) is 5.73 Å². The Morgan fingerprint density at radius 3 is 2.88 bits per heavy atom. The van der Waals surface area contributed by atoms with Gasteiger partial charge in [-0.2, -0.15) is 5.10 Å². The van der Waals surface area contributed by atoms with Gasteiger partial charge in [-0.1, -0.05) is 18.2 Å². The fourth-order valence-corrected chi connectivity index (χ4v) is 1.69. The van der Waals surface area contributed by atoms with Crippen molar-refractivity contribution < 1.29 is 0 Å². The van der Waals surface area contributed by atoms with Crippen LogP contribution in [0.3, 0.4) is 0 Å². The minimum Gasteiger partial charge on any atom is -0.381 e. The second-order valence-electron chi connectivity index (χ2n) is 4.14. The average Bonchev–Trinajstić information content (AvgIpc) is 2.84. The van der Waals surface area contributed by atoms with Gasteiger partial charge < -0.3 is 11.1 Å². The molecule has 0 saturated carbocycles. The highest BCUT2D eigenvalue weighted by Gasteiger charge is 2.05. The molecule has 4 heteroatoms. The lowest BCUT2D eigenvalue weighted by Gasteiger charge is -2.16. The molecule has 0 spiro atoms. The predicted molar refractivity (Wildman–Crippen MR) is 69.9 cm³/mol. The zero-order valence-corrected chi connectivity index (χ0v) is 10.0. The van der Waals surface area contributed by atoms with Crippen molar-refractivity contribution in [3.05, 3.63) is 48.3 Å². The summed E-state index contributed by atoms with van der Waals surface area (Å²) in [5.41, 5.74) is 7.97. The van der Waals surface area contributed by atoms with Crippen LogP contribution in [0.1, 0.15) is 12.5 Å². The summed E-state index contributed by atoms with van der Waals surface area (Å²) in [5, 5.41) is 7.62. The number of nitrogens with two attached hydrogens (primary N) is 1. The van der Waals surface area contributed by atoms with Gasteiger partial charge in [0.25, 0.3) is 0 Å². The summed E-state index contributed by atoms with van der Waals surface area (Å²) in [5.74, 6) is 0. The highest BCUT2D eigenvalue weighted by molar-refractivity contribution is 5.51. The van der Waals surface area contributed by atoms with Gasteiger partial charge in [0.05, 0.1) is 6.54 Å². The van der Waals surface area contributed by atoms with Crippen LogP contribution in [-0.2, 0) is 6.54 Å². The van der Waals surface area contributed by atoms with Gasteiger partial charge in [-0.3, -0.25) is 4.68 Å². The van der Waals surface area contributed by atoms with E-state index in [1.807, 2.05) is 29.1 Å². The Morgan fingerprint density at radius 1 is 1.35 bits per heavy atom. The molecule has 1 heterocycles. The van der Waals surface area contributed by atoms with Crippen molar-refractivity contribution in [3.8, 4) is 0 Å². The van der Waals surface area contributed by atoms with Gasteiger partial charge in [0.15, 0.2) is 0 Å². The van der Waals surface area contributed by atoms with E-state index in [-0.39, 0.29) is 6.04 Å². The molecular weight excluding hydrogens is 212 g/mol. The Hall–Kier alpha value is -1.81. The number of para-hydroxylation sites is 1. The molecule has 2 rings (SSSR count). The van der Waals surface area contributed by atoms with Gasteiger partial charge in [-0.05, 0) is 24.6 Å². The van der Waals surface area contributed by atoms with Gasteiger partial charge in [-0.25, -0.2) is 0 Å². The van der Waals surface area contributed by atoms with E-state index in [1.165, 1.54) is 5.56 Å². The number of rotatable bonds is 5. The Bertz CT molecular complexity index is 450. The lowest BCUT2D eigenvalue weighted by Crippen LogP contribution is -2.25. The van der Waals surface area contributed by atoms with Gasteiger partial charge in [0.2, 0.25) is 0 Å². The molecule has 90 valence electrons. The van der Waals surface area contributed by atoms with E-state index in [0.29, 0.717) is 6.54 Å². The maximum Gasteiger partial charge on any atom is 0.0679 e. The monoisotopic (exact) mass is 230 g/mol. The zero-order valence-electron chi connectivity index (χ0n) is 10.0. The molecule has 0 amide bonds. The molecule has 1 atom stereocenters. The standard InChI is InChI=1S/C13H18N4/c1-11(9-14)16-13-6-3-2-5-12(13)10-17-8-4-7-15-17/h2-8,11,16H,9-10,14H2,1H3. The Kier molecular flexibility index (Phi) is 3.77. The van der Waals surface area contributed by atoms with E-state index >= 15 is 0 Å². The molecule has 3 N–H and O–H groups in total. The van der Waals surface area contributed by atoms with Crippen LogP contribution in [0.4, 0.5) is 5.69 Å². The van der Waals surface area contributed by atoms with Gasteiger partial charge in [0.1, 0.15) is 0 Å². The van der Waals surface area contributed by atoms with Crippen LogP contribution in [-0.4, -0.2) is 22.4 Å². The normalized spacial score (nSPS) is 12.4. The molecule has 1 unspecified atom stereocenters. The first-order valence-corrected chi connectivity index (χ1v) is 5.81. The van der Waals surface area contributed by atoms with Crippen LogP contribution in [0.25, 0.3) is 0 Å². The fourth-order valence-electron chi connectivity index (χ4n) is 1.69. The summed E-state index contributed by atoms with van der Waals surface area (Å²) in [4.78, 5) is 0. The molecule has 0 aliphatic heterocycles. The predicted octanol–water partition coefficient (Wildman–Crippen LogP) is 1.69. The molecule has 1 aromatic carbocycles. The quantitative estimate of drug-likeness (QED) is 0.822. The second-order valence-corrected chi connectivity index (χ2v) is 4.14. The third-order valence-corrected chi connectivity index (χ3v) is 2.66. The molecule has 0 fully saturated rings. The topological polar surface area (TPSA) is 55.9 Å². The highest BCUT2D eigenvalue weighted by atomic mass is 15.3. The maximum atomic E-state index is 5.63. The molecule has 1 aromatic heterocycles. The summed E-state index contributed by atoms with van der Waals surface area (Å²) < 4.78 is 1.91. The number of aromatic nitrogens is 2. The number of nitrogens with zero attached hydrogens (tertiary/aromatic N) is 2. The lowest BCUT2D eigenvalue weighted by atomic mass is 10.1. The van der Waals surface area contributed by atoms with Crippen LogP contribution >= 0.6 is 0 Å². The third-order valence-electron chi connectivity index (χ3n) is 2.66. The summed E-state index contributed by atoms with van der Waals surface area (Å²) in [6, 6.07) is 10.4. The Balaban J connectivity index is 2.15. The molecule has 0 bridgehead atoms. The Morgan fingerprint density at radius 2 is 2.18 bits per heavy atom. The van der Waals surface area contributed by atoms with Crippen LogP contribution in [0, 0.1) is 0 Å². The number of benzene rings is 1. The smallest absolute Gasteiger partial charge is 0.0679 e. The van der Waals surface area contributed by atoms with E-state index in [1.54, 1.807) is 6.20 Å². The molecule has 2 aromatic rings. The second kappa shape index (κ2) is 5.50. The van der Waals surface area contributed by atoms with Crippen LogP contribution < -0.4 is 11.1 Å². The van der Waals surface area contributed by atoms with Gasteiger partial charge in [0, 0.05) is 30.7 Å². The fraction of sp³-hybridized carbons (Fsp3) is 0.308. The summed E-state index contributed by atoms with van der Waals surface area (Å²) >= 11 is 0. The minimum absolute atomic E-state index is 0.272. The third kappa shape index (κ3) is 3.07. The summed E-state index contributed by atoms with van der Waals surface area (Å²) in [6.07, 6.45) is 3.75. The zero-order chi connectivity index (χ0) is 12.1. The van der Waals surface area contributed by atoms with Crippen LogP contribution in [0.2, 0.25) is 0 Å². The summed E-state index contributed by atoms with van der Waals surface area (Å²) in [7, 11) is 0. The van der Waals surface area contributed by atoms with Crippen LogP contribution in [0.5, 0.6) is 0 Å². The minimum atomic E-state index is 0.272. The average molecular weight is 230 g/mol. The van der Waals surface area contributed by atoms with Crippen molar-refractivity contribution in [3.63, 3.8) is 0 Å². The number of anilines is 1. The molecule has 0 saturated heterocycles. The first-order chi connectivity index (χ1) is 8.29. The Labute approximate surface area is 101 Å². The van der Waals surface area contributed by atoms with Gasteiger partial charge in [-0.15, -0.1) is 0 Å². The van der Waals surface area contributed by atoms with E-state index < -0.39 is 0 Å².